The number of nitrogens with one attached hydrogen (secondary N) is 1. The lowest BCUT2D eigenvalue weighted by Crippen LogP contribution is -2.33. The van der Waals surface area contributed by atoms with Crippen LogP contribution >= 0.6 is 23.1 Å². The van der Waals surface area contributed by atoms with Crippen molar-refractivity contribution in [1.29, 1.82) is 0 Å². The number of hydrogen-bond donors (Lipinski definition) is 2. The minimum atomic E-state index is -1.03. The van der Waals surface area contributed by atoms with Crippen molar-refractivity contribution in [2.75, 3.05) is 13.7 Å². The van der Waals surface area contributed by atoms with Crippen LogP contribution in [0.1, 0.15) is 35.6 Å². The van der Waals surface area contributed by atoms with Crippen LogP contribution in [0.2, 0.25) is 0 Å². The normalized spacial score (nSPS) is 30.0. The number of aromatic amines is 1. The second kappa shape index (κ2) is 6.84. The maximum Gasteiger partial charge on any atom is 0.341 e. The highest BCUT2D eigenvalue weighted by atomic mass is 32.2. The summed E-state index contributed by atoms with van der Waals surface area (Å²) in [7, 11) is 1.56. The number of aliphatic carboxylic acids is 1. The van der Waals surface area contributed by atoms with Crippen molar-refractivity contribution in [3.8, 4) is 11.5 Å². The van der Waals surface area contributed by atoms with Crippen LogP contribution in [0.5, 0.6) is 11.5 Å². The molecular formula is C20H21NO5S2. The molecule has 0 radical (unpaired) electrons. The van der Waals surface area contributed by atoms with Gasteiger partial charge in [0.2, 0.25) is 0 Å². The van der Waals surface area contributed by atoms with Crippen LogP contribution in [0, 0.1) is 17.8 Å². The van der Waals surface area contributed by atoms with Crippen LogP contribution in [0.3, 0.4) is 0 Å². The maximum atomic E-state index is 12.1. The fraction of sp³-hybridized carbons (Fsp3) is 0.500. The number of H-pyrrole nitrogens is 1. The number of thioether (sulfide) groups is 1. The van der Waals surface area contributed by atoms with Crippen LogP contribution in [0.25, 0.3) is 0 Å². The van der Waals surface area contributed by atoms with Gasteiger partial charge in [0.05, 0.1) is 12.1 Å². The van der Waals surface area contributed by atoms with Gasteiger partial charge < -0.3 is 19.6 Å². The number of fused-ring (bicyclic) bond motifs is 6. The van der Waals surface area contributed by atoms with E-state index in [0.717, 1.165) is 21.4 Å². The van der Waals surface area contributed by atoms with Gasteiger partial charge in [-0.25, -0.2) is 4.79 Å². The van der Waals surface area contributed by atoms with Crippen molar-refractivity contribution in [1.82, 2.24) is 4.98 Å². The largest absolute Gasteiger partial charge is 0.493 e. The molecule has 2 fully saturated rings. The molecule has 28 heavy (non-hydrogen) atoms. The van der Waals surface area contributed by atoms with Crippen molar-refractivity contribution >= 4 is 29.1 Å². The molecule has 2 bridgehead atoms. The van der Waals surface area contributed by atoms with Crippen LogP contribution in [0.15, 0.2) is 28.0 Å². The average Bonchev–Trinajstić information content (AvgIpc) is 3.38. The van der Waals surface area contributed by atoms with E-state index >= 15 is 0 Å². The van der Waals surface area contributed by atoms with E-state index in [2.05, 4.69) is 4.98 Å². The molecule has 2 saturated carbocycles. The minimum absolute atomic E-state index is 0.00296. The zero-order valence-electron chi connectivity index (χ0n) is 15.3. The van der Waals surface area contributed by atoms with E-state index in [-0.39, 0.29) is 10.8 Å². The Morgan fingerprint density at radius 1 is 1.29 bits per heavy atom. The highest BCUT2D eigenvalue weighted by Gasteiger charge is 2.54. The van der Waals surface area contributed by atoms with Crippen molar-refractivity contribution < 1.29 is 19.4 Å². The Balaban J connectivity index is 1.56. The summed E-state index contributed by atoms with van der Waals surface area (Å²) in [6.45, 7) is -0.409. The SMILES string of the molecule is COc1cc([C@@H]2c3sc(=O)[nH]c3S[C@@H]3[C@H]4CC[C@@H](C4)[C@@H]23)ccc1OCC(=O)O. The molecule has 1 aromatic carbocycles. The van der Waals surface area contributed by atoms with Gasteiger partial charge in [-0.05, 0) is 54.7 Å². The lowest BCUT2D eigenvalue weighted by molar-refractivity contribution is -0.139. The van der Waals surface area contributed by atoms with Crippen molar-refractivity contribution in [3.63, 3.8) is 0 Å². The first-order chi connectivity index (χ1) is 13.5. The number of methoxy groups -OCH3 is 1. The van der Waals surface area contributed by atoms with E-state index in [1.54, 1.807) is 13.2 Å². The number of carbonyl (C=O) groups is 1. The van der Waals surface area contributed by atoms with Crippen molar-refractivity contribution in [3.05, 3.63) is 38.3 Å². The van der Waals surface area contributed by atoms with Crippen molar-refractivity contribution in [2.45, 2.75) is 35.5 Å². The molecule has 8 heteroatoms. The number of hydrogen-bond acceptors (Lipinski definition) is 6. The summed E-state index contributed by atoms with van der Waals surface area (Å²) >= 11 is 3.19. The fourth-order valence-corrected chi connectivity index (χ4v) is 8.25. The Labute approximate surface area is 170 Å². The number of ether oxygens (including phenoxy) is 2. The number of thiazole rings is 1. The first kappa shape index (κ1) is 18.1. The third kappa shape index (κ3) is 2.85. The third-order valence-electron chi connectivity index (χ3n) is 6.36. The minimum Gasteiger partial charge on any atom is -0.493 e. The summed E-state index contributed by atoms with van der Waals surface area (Å²) in [6, 6.07) is 5.74. The smallest absolute Gasteiger partial charge is 0.341 e. The second-order valence-corrected chi connectivity index (χ2v) is 9.97. The molecule has 2 N–H and O–H groups in total. The molecular weight excluding hydrogens is 398 g/mol. The summed E-state index contributed by atoms with van der Waals surface area (Å²) in [5.41, 5.74) is 1.11. The summed E-state index contributed by atoms with van der Waals surface area (Å²) < 4.78 is 10.8. The molecule has 2 heterocycles. The summed E-state index contributed by atoms with van der Waals surface area (Å²) in [5, 5.41) is 10.4. The van der Waals surface area contributed by atoms with Gasteiger partial charge in [-0.15, -0.1) is 11.8 Å². The van der Waals surface area contributed by atoms with Crippen LogP contribution in [0.4, 0.5) is 0 Å². The summed E-state index contributed by atoms with van der Waals surface area (Å²) in [6.07, 6.45) is 3.85. The lowest BCUT2D eigenvalue weighted by Gasteiger charge is -2.40. The number of carboxylic acid groups (broad SMARTS) is 1. The molecule has 0 saturated heterocycles. The van der Waals surface area contributed by atoms with E-state index in [1.807, 2.05) is 23.9 Å². The van der Waals surface area contributed by atoms with Gasteiger partial charge in [0.1, 0.15) is 0 Å². The number of aromatic nitrogens is 1. The molecule has 2 aromatic rings. The van der Waals surface area contributed by atoms with Gasteiger partial charge in [-0.3, -0.25) is 4.79 Å². The highest BCUT2D eigenvalue weighted by Crippen LogP contribution is 2.63. The van der Waals surface area contributed by atoms with E-state index in [9.17, 15) is 9.59 Å². The van der Waals surface area contributed by atoms with Gasteiger partial charge in [0, 0.05) is 16.0 Å². The molecule has 0 spiro atoms. The quantitative estimate of drug-likeness (QED) is 0.770. The summed E-state index contributed by atoms with van der Waals surface area (Å²) in [5.74, 6) is 2.06. The van der Waals surface area contributed by atoms with Crippen LogP contribution in [-0.4, -0.2) is 35.0 Å². The van der Waals surface area contributed by atoms with E-state index in [1.165, 1.54) is 30.6 Å². The Bertz CT molecular complexity index is 983. The molecule has 5 atom stereocenters. The van der Waals surface area contributed by atoms with Crippen LogP contribution < -0.4 is 14.3 Å². The standard InChI is InChI=1S/C20H21NO5S2/c1-25-13-7-10(4-5-12(13)26-8-14(22)23)16-15-9-2-3-11(6-9)17(15)27-19-18(16)28-20(24)21-19/h4-5,7,9,11,15-17H,2-3,6,8H2,1H3,(H,21,24)(H,22,23)/t9-,11-,15-,16-,17+/m0/s1. The van der Waals surface area contributed by atoms with Gasteiger partial charge in [0.25, 0.3) is 0 Å². The number of carboxylic acids is 1. The van der Waals surface area contributed by atoms with Crippen LogP contribution in [-0.2, 0) is 4.79 Å². The van der Waals surface area contributed by atoms with E-state index in [0.29, 0.717) is 28.6 Å². The van der Waals surface area contributed by atoms with Gasteiger partial charge in [-0.2, -0.15) is 0 Å². The van der Waals surface area contributed by atoms with Gasteiger partial charge in [0.15, 0.2) is 18.1 Å². The third-order valence-corrected chi connectivity index (χ3v) is 8.99. The second-order valence-electron chi connectivity index (χ2n) is 7.77. The molecule has 6 nitrogen and oxygen atoms in total. The van der Waals surface area contributed by atoms with E-state index in [4.69, 9.17) is 14.6 Å². The molecule has 148 valence electrons. The molecule has 0 amide bonds. The Hall–Kier alpha value is -1.93. The zero-order chi connectivity index (χ0) is 19.4. The molecule has 2 aliphatic carbocycles. The lowest BCUT2D eigenvalue weighted by atomic mass is 9.75. The Morgan fingerprint density at radius 3 is 2.89 bits per heavy atom. The molecule has 0 unspecified atom stereocenters. The summed E-state index contributed by atoms with van der Waals surface area (Å²) in [4.78, 5) is 27.1. The maximum absolute atomic E-state index is 12.1. The highest BCUT2D eigenvalue weighted by molar-refractivity contribution is 8.00. The van der Waals surface area contributed by atoms with Gasteiger partial charge >= 0.3 is 10.8 Å². The van der Waals surface area contributed by atoms with Crippen molar-refractivity contribution in [2.24, 2.45) is 17.8 Å². The number of rotatable bonds is 5. The molecule has 1 aliphatic heterocycles. The predicted molar refractivity (Wildman–Crippen MR) is 107 cm³/mol. The fourth-order valence-electron chi connectivity index (χ4n) is 5.36. The van der Waals surface area contributed by atoms with Gasteiger partial charge in [-0.1, -0.05) is 17.4 Å². The zero-order valence-corrected chi connectivity index (χ0v) is 17.0. The molecule has 1 aromatic heterocycles. The average molecular weight is 420 g/mol. The Kier molecular flexibility index (Phi) is 4.43. The number of benzene rings is 1. The first-order valence-corrected chi connectivity index (χ1v) is 11.2. The topological polar surface area (TPSA) is 88.6 Å². The Morgan fingerprint density at radius 2 is 2.11 bits per heavy atom. The monoisotopic (exact) mass is 419 g/mol. The molecule has 3 aliphatic rings. The predicted octanol–water partition coefficient (Wildman–Crippen LogP) is 3.56. The van der Waals surface area contributed by atoms with E-state index < -0.39 is 12.6 Å². The first-order valence-electron chi connectivity index (χ1n) is 9.47. The molecule has 5 rings (SSSR count).